The first-order valence-electron chi connectivity index (χ1n) is 8.39. The molecule has 1 N–H and O–H groups in total. The van der Waals surface area contributed by atoms with E-state index in [1.54, 1.807) is 6.07 Å². The Morgan fingerprint density at radius 3 is 2.21 bits per heavy atom. The molecule has 3 rings (SSSR count). The van der Waals surface area contributed by atoms with Crippen LogP contribution in [-0.4, -0.2) is 57.7 Å². The second-order valence-corrected chi connectivity index (χ2v) is 6.61. The largest absolute Gasteiger partial charge is 0.437 e. The van der Waals surface area contributed by atoms with E-state index in [-0.39, 0.29) is 16.0 Å². The molecule has 1 aliphatic heterocycles. The van der Waals surface area contributed by atoms with Crippen LogP contribution in [0.4, 0.5) is 18.0 Å². The molecule has 0 spiro atoms. The summed E-state index contributed by atoms with van der Waals surface area (Å²) in [7, 11) is 2.13. The van der Waals surface area contributed by atoms with E-state index in [9.17, 15) is 27.9 Å². The Morgan fingerprint density at radius 2 is 1.68 bits per heavy atom. The van der Waals surface area contributed by atoms with E-state index >= 15 is 0 Å². The van der Waals surface area contributed by atoms with Crippen LogP contribution in [0.5, 0.6) is 0 Å². The summed E-state index contributed by atoms with van der Waals surface area (Å²) in [6.45, 7) is 0. The van der Waals surface area contributed by atoms with Gasteiger partial charge in [-0.1, -0.05) is 30.3 Å². The highest BCUT2D eigenvalue weighted by molar-refractivity contribution is 6.00. The van der Waals surface area contributed by atoms with Gasteiger partial charge < -0.3 is 10.0 Å². The third-order valence-corrected chi connectivity index (χ3v) is 5.07. The molecule has 6 nitrogen and oxygen atoms in total. The molecule has 1 saturated heterocycles. The Labute approximate surface area is 159 Å². The second-order valence-electron chi connectivity index (χ2n) is 6.61. The third-order valence-electron chi connectivity index (χ3n) is 5.07. The van der Waals surface area contributed by atoms with Crippen molar-refractivity contribution in [1.29, 1.82) is 0 Å². The maximum absolute atomic E-state index is 14.1. The molecule has 1 aromatic heterocycles. The van der Waals surface area contributed by atoms with Crippen LogP contribution in [0.15, 0.2) is 54.9 Å². The molecule has 28 heavy (non-hydrogen) atoms. The predicted octanol–water partition coefficient (Wildman–Crippen LogP) is 2.87. The average Bonchev–Trinajstić information content (AvgIpc) is 2.69. The number of urea groups is 1. The topological polar surface area (TPSA) is 73.7 Å². The summed E-state index contributed by atoms with van der Waals surface area (Å²) >= 11 is 0. The van der Waals surface area contributed by atoms with Crippen LogP contribution in [0.2, 0.25) is 0 Å². The summed E-state index contributed by atoms with van der Waals surface area (Å²) in [6.07, 6.45) is -2.57. The summed E-state index contributed by atoms with van der Waals surface area (Å²) < 4.78 is 42.2. The lowest BCUT2D eigenvalue weighted by Gasteiger charge is -2.53. The number of carbonyl (C=O) groups is 2. The van der Waals surface area contributed by atoms with Crippen molar-refractivity contribution in [3.05, 3.63) is 66.0 Å². The number of rotatable bonds is 3. The van der Waals surface area contributed by atoms with Crippen LogP contribution in [0.25, 0.3) is 0 Å². The first-order chi connectivity index (χ1) is 13.1. The molecule has 148 valence electrons. The van der Waals surface area contributed by atoms with Gasteiger partial charge in [0, 0.05) is 32.1 Å². The zero-order valence-electron chi connectivity index (χ0n) is 15.1. The summed E-state index contributed by atoms with van der Waals surface area (Å²) in [6, 6.07) is 7.84. The van der Waals surface area contributed by atoms with Gasteiger partial charge in [0.25, 0.3) is 5.72 Å². The highest BCUT2D eigenvalue weighted by Crippen LogP contribution is 2.50. The highest BCUT2D eigenvalue weighted by Gasteiger charge is 2.70. The summed E-state index contributed by atoms with van der Waals surface area (Å²) in [5.41, 5.74) is -3.42. The number of pyridine rings is 1. The minimum absolute atomic E-state index is 0.00498. The van der Waals surface area contributed by atoms with Gasteiger partial charge >= 0.3 is 12.2 Å². The SMILES string of the molecule is CN1C(=O)N(C)C(O)(C(F)(F)F)C(C(=O)c2ccccc2)C1c1ccncc1. The van der Waals surface area contributed by atoms with Gasteiger partial charge in [0.1, 0.15) is 5.92 Å². The number of hydrogen-bond acceptors (Lipinski definition) is 4. The molecule has 1 aliphatic rings. The number of amides is 2. The number of ketones is 1. The third kappa shape index (κ3) is 2.91. The molecule has 0 saturated carbocycles. The monoisotopic (exact) mass is 393 g/mol. The van der Waals surface area contributed by atoms with E-state index in [0.29, 0.717) is 0 Å². The summed E-state index contributed by atoms with van der Waals surface area (Å²) in [5, 5.41) is 10.8. The number of benzene rings is 1. The van der Waals surface area contributed by atoms with Crippen molar-refractivity contribution in [3.63, 3.8) is 0 Å². The predicted molar refractivity (Wildman–Crippen MR) is 93.2 cm³/mol. The standard InChI is InChI=1S/C19H18F3N3O3/c1-24-15(12-8-10-23-11-9-12)14(16(26)13-6-4-3-5-7-13)18(28,19(20,21)22)25(2)17(24)27/h3-11,14-15,28H,1-2H3. The molecule has 0 bridgehead atoms. The molecule has 1 fully saturated rings. The van der Waals surface area contributed by atoms with Crippen molar-refractivity contribution < 1.29 is 27.9 Å². The van der Waals surface area contributed by atoms with Gasteiger partial charge in [-0.25, -0.2) is 4.79 Å². The van der Waals surface area contributed by atoms with Gasteiger partial charge in [0.2, 0.25) is 0 Å². The Morgan fingerprint density at radius 1 is 1.11 bits per heavy atom. The van der Waals surface area contributed by atoms with Gasteiger partial charge in [-0.15, -0.1) is 0 Å². The Balaban J connectivity index is 2.26. The van der Waals surface area contributed by atoms with Crippen LogP contribution in [0, 0.1) is 5.92 Å². The normalized spacial score (nSPS) is 25.7. The van der Waals surface area contributed by atoms with Crippen molar-refractivity contribution in [3.8, 4) is 0 Å². The molecule has 0 aliphatic carbocycles. The zero-order chi connectivity index (χ0) is 20.7. The first kappa shape index (κ1) is 19.8. The fourth-order valence-electron chi connectivity index (χ4n) is 3.61. The Bertz CT molecular complexity index is 876. The minimum Gasteiger partial charge on any atom is -0.363 e. The number of aromatic nitrogens is 1. The van der Waals surface area contributed by atoms with Crippen LogP contribution < -0.4 is 0 Å². The fourth-order valence-corrected chi connectivity index (χ4v) is 3.61. The highest BCUT2D eigenvalue weighted by atomic mass is 19.4. The van der Waals surface area contributed by atoms with Gasteiger partial charge in [0.15, 0.2) is 5.78 Å². The lowest BCUT2D eigenvalue weighted by Crippen LogP contribution is -2.73. The molecule has 9 heteroatoms. The average molecular weight is 393 g/mol. The van der Waals surface area contributed by atoms with Gasteiger partial charge in [-0.05, 0) is 17.7 Å². The molecule has 3 unspecified atom stereocenters. The van der Waals surface area contributed by atoms with E-state index < -0.39 is 35.7 Å². The maximum Gasteiger partial charge on any atom is 0.437 e. The van der Waals surface area contributed by atoms with Crippen molar-refractivity contribution in [2.45, 2.75) is 17.9 Å². The molecule has 0 radical (unpaired) electrons. The zero-order valence-corrected chi connectivity index (χ0v) is 15.1. The van der Waals surface area contributed by atoms with Crippen LogP contribution in [0.3, 0.4) is 0 Å². The van der Waals surface area contributed by atoms with Crippen molar-refractivity contribution in [2.75, 3.05) is 14.1 Å². The van der Waals surface area contributed by atoms with E-state index in [2.05, 4.69) is 4.98 Å². The lowest BCUT2D eigenvalue weighted by atomic mass is 9.76. The molecular weight excluding hydrogens is 375 g/mol. The molecule has 2 aromatic rings. The second kappa shape index (κ2) is 6.90. The number of halogens is 3. The number of Topliss-reactive ketones (excluding diaryl/α,β-unsaturated/α-hetero) is 1. The number of aliphatic hydroxyl groups is 1. The van der Waals surface area contributed by atoms with Crippen molar-refractivity contribution >= 4 is 11.8 Å². The molecule has 3 atom stereocenters. The first-order valence-corrected chi connectivity index (χ1v) is 8.39. The van der Waals surface area contributed by atoms with E-state index in [1.807, 2.05) is 0 Å². The minimum atomic E-state index is -5.26. The summed E-state index contributed by atoms with van der Waals surface area (Å²) in [5.74, 6) is -2.93. The van der Waals surface area contributed by atoms with Gasteiger partial charge in [-0.3, -0.25) is 14.7 Å². The Hall–Kier alpha value is -2.94. The van der Waals surface area contributed by atoms with Crippen LogP contribution in [-0.2, 0) is 0 Å². The number of carbonyl (C=O) groups excluding carboxylic acids is 2. The smallest absolute Gasteiger partial charge is 0.363 e. The van der Waals surface area contributed by atoms with Crippen molar-refractivity contribution in [2.24, 2.45) is 5.92 Å². The molecule has 1 aromatic carbocycles. The van der Waals surface area contributed by atoms with E-state index in [1.165, 1.54) is 55.8 Å². The Kier molecular flexibility index (Phi) is 4.88. The molecular formula is C19H18F3N3O3. The van der Waals surface area contributed by atoms with Crippen LogP contribution >= 0.6 is 0 Å². The molecule has 2 heterocycles. The van der Waals surface area contributed by atoms with Crippen LogP contribution in [0.1, 0.15) is 22.0 Å². The number of nitrogens with zero attached hydrogens (tertiary/aromatic N) is 3. The maximum atomic E-state index is 14.1. The lowest BCUT2D eigenvalue weighted by molar-refractivity contribution is -0.328. The number of hydrogen-bond donors (Lipinski definition) is 1. The van der Waals surface area contributed by atoms with E-state index in [4.69, 9.17) is 0 Å². The quantitative estimate of drug-likeness (QED) is 0.814. The fraction of sp³-hybridized carbons (Fsp3) is 0.316. The van der Waals surface area contributed by atoms with Gasteiger partial charge in [-0.2, -0.15) is 13.2 Å². The van der Waals surface area contributed by atoms with Gasteiger partial charge in [0.05, 0.1) is 6.04 Å². The van der Waals surface area contributed by atoms with Crippen molar-refractivity contribution in [1.82, 2.24) is 14.8 Å². The van der Waals surface area contributed by atoms with E-state index in [0.717, 1.165) is 11.9 Å². The number of alkyl halides is 3. The summed E-state index contributed by atoms with van der Waals surface area (Å²) in [4.78, 5) is 30.8. The molecule has 2 amide bonds.